The van der Waals surface area contributed by atoms with Crippen molar-refractivity contribution in [2.24, 2.45) is 0 Å². The third-order valence-corrected chi connectivity index (χ3v) is 3.84. The Morgan fingerprint density at radius 3 is 2.28 bits per heavy atom. The third-order valence-electron chi connectivity index (χ3n) is 2.47. The Morgan fingerprint density at radius 2 is 1.67 bits per heavy atom. The highest BCUT2D eigenvalue weighted by atomic mass is 79.9. The number of anilines is 1. The van der Waals surface area contributed by atoms with E-state index in [1.54, 1.807) is 30.3 Å². The van der Waals surface area contributed by atoms with Crippen LogP contribution in [0.2, 0.25) is 10.0 Å². The van der Waals surface area contributed by atoms with Crippen molar-refractivity contribution in [1.29, 1.82) is 0 Å². The van der Waals surface area contributed by atoms with Crippen molar-refractivity contribution < 1.29 is 4.39 Å². The zero-order valence-corrected chi connectivity index (χ0v) is 12.3. The predicted molar refractivity (Wildman–Crippen MR) is 77.9 cm³/mol. The molecule has 0 aliphatic carbocycles. The van der Waals surface area contributed by atoms with Gasteiger partial charge in [0.05, 0.1) is 5.69 Å². The second-order valence-electron chi connectivity index (χ2n) is 3.65. The van der Waals surface area contributed by atoms with Gasteiger partial charge in [0, 0.05) is 26.6 Å². The fraction of sp³-hybridized carbons (Fsp3) is 0.0769. The van der Waals surface area contributed by atoms with Gasteiger partial charge in [-0.15, -0.1) is 0 Å². The first-order chi connectivity index (χ1) is 8.59. The molecule has 94 valence electrons. The number of hydrogen-bond acceptors (Lipinski definition) is 1. The zero-order chi connectivity index (χ0) is 13.1. The molecule has 2 aromatic rings. The van der Waals surface area contributed by atoms with Crippen LogP contribution in [-0.4, -0.2) is 0 Å². The second kappa shape index (κ2) is 5.91. The maximum Gasteiger partial charge on any atom is 0.147 e. The van der Waals surface area contributed by atoms with E-state index >= 15 is 0 Å². The van der Waals surface area contributed by atoms with Crippen LogP contribution in [-0.2, 0) is 6.54 Å². The Balaban J connectivity index is 2.22. The van der Waals surface area contributed by atoms with Gasteiger partial charge in [0.25, 0.3) is 0 Å². The minimum absolute atomic E-state index is 0.326. The molecule has 0 radical (unpaired) electrons. The number of para-hydroxylation sites is 1. The molecule has 1 N–H and O–H groups in total. The predicted octanol–water partition coefficient (Wildman–Crippen LogP) is 5.51. The van der Waals surface area contributed by atoms with Crippen LogP contribution >= 0.6 is 39.1 Å². The van der Waals surface area contributed by atoms with E-state index in [0.717, 1.165) is 5.56 Å². The van der Waals surface area contributed by atoms with Crippen LogP contribution in [0.4, 0.5) is 10.1 Å². The van der Waals surface area contributed by atoms with Gasteiger partial charge in [0.1, 0.15) is 5.82 Å². The molecule has 0 atom stereocenters. The van der Waals surface area contributed by atoms with Crippen molar-refractivity contribution in [3.63, 3.8) is 0 Å². The molecule has 5 heteroatoms. The van der Waals surface area contributed by atoms with Crippen LogP contribution in [0.3, 0.4) is 0 Å². The van der Waals surface area contributed by atoms with Crippen LogP contribution in [0, 0.1) is 5.82 Å². The highest BCUT2D eigenvalue weighted by Crippen LogP contribution is 2.29. The van der Waals surface area contributed by atoms with Gasteiger partial charge in [-0.25, -0.2) is 4.39 Å². The topological polar surface area (TPSA) is 12.0 Å². The van der Waals surface area contributed by atoms with Crippen LogP contribution < -0.4 is 5.32 Å². The number of nitrogens with one attached hydrogen (secondary N) is 1. The van der Waals surface area contributed by atoms with Crippen molar-refractivity contribution in [2.45, 2.75) is 6.54 Å². The summed E-state index contributed by atoms with van der Waals surface area (Å²) in [4.78, 5) is 0. The molecule has 0 aliphatic heterocycles. The normalized spacial score (nSPS) is 10.4. The van der Waals surface area contributed by atoms with Gasteiger partial charge in [-0.1, -0.05) is 35.3 Å². The standard InChI is InChI=1S/C13H9BrCl2FN/c14-9-3-1-6-12(17)13(9)18-7-8-10(15)4-2-5-11(8)16/h1-6,18H,7H2. The number of hydrogen-bond donors (Lipinski definition) is 1. The molecule has 0 bridgehead atoms. The highest BCUT2D eigenvalue weighted by molar-refractivity contribution is 9.10. The fourth-order valence-electron chi connectivity index (χ4n) is 1.54. The average molecular weight is 349 g/mol. The first-order valence-electron chi connectivity index (χ1n) is 5.20. The Hall–Kier alpha value is -0.770. The van der Waals surface area contributed by atoms with Gasteiger partial charge in [-0.05, 0) is 40.2 Å². The lowest BCUT2D eigenvalue weighted by Gasteiger charge is -2.11. The molecule has 2 aromatic carbocycles. The van der Waals surface area contributed by atoms with E-state index in [4.69, 9.17) is 23.2 Å². The van der Waals surface area contributed by atoms with Crippen LogP contribution in [0.1, 0.15) is 5.56 Å². The minimum Gasteiger partial charge on any atom is -0.378 e. The van der Waals surface area contributed by atoms with E-state index in [1.807, 2.05) is 0 Å². The summed E-state index contributed by atoms with van der Waals surface area (Å²) in [7, 11) is 0. The summed E-state index contributed by atoms with van der Waals surface area (Å²) in [5.74, 6) is -0.326. The molecular weight excluding hydrogens is 340 g/mol. The molecule has 0 aromatic heterocycles. The monoisotopic (exact) mass is 347 g/mol. The summed E-state index contributed by atoms with van der Waals surface area (Å²) in [5.41, 5.74) is 1.14. The zero-order valence-electron chi connectivity index (χ0n) is 9.18. The van der Waals surface area contributed by atoms with Crippen molar-refractivity contribution in [3.8, 4) is 0 Å². The molecule has 2 rings (SSSR count). The molecule has 0 unspecified atom stereocenters. The maximum atomic E-state index is 13.6. The first kappa shape index (κ1) is 13.7. The molecule has 0 amide bonds. The first-order valence-corrected chi connectivity index (χ1v) is 6.75. The quantitative estimate of drug-likeness (QED) is 0.771. The van der Waals surface area contributed by atoms with Gasteiger partial charge in [0.15, 0.2) is 0 Å². The Morgan fingerprint density at radius 1 is 1.06 bits per heavy atom. The minimum atomic E-state index is -0.326. The summed E-state index contributed by atoms with van der Waals surface area (Å²) in [6, 6.07) is 10.1. The van der Waals surface area contributed by atoms with E-state index in [0.29, 0.717) is 26.8 Å². The van der Waals surface area contributed by atoms with Gasteiger partial charge in [0.2, 0.25) is 0 Å². The molecular formula is C13H9BrCl2FN. The van der Waals surface area contributed by atoms with Crippen molar-refractivity contribution in [1.82, 2.24) is 0 Å². The third kappa shape index (κ3) is 2.97. The number of rotatable bonds is 3. The van der Waals surface area contributed by atoms with Gasteiger partial charge < -0.3 is 5.32 Å². The van der Waals surface area contributed by atoms with E-state index < -0.39 is 0 Å². The van der Waals surface area contributed by atoms with Crippen LogP contribution in [0.5, 0.6) is 0 Å². The van der Waals surface area contributed by atoms with E-state index in [2.05, 4.69) is 21.2 Å². The van der Waals surface area contributed by atoms with E-state index in [9.17, 15) is 4.39 Å². The lowest BCUT2D eigenvalue weighted by molar-refractivity contribution is 0.629. The molecule has 1 nitrogen and oxygen atoms in total. The Kier molecular flexibility index (Phi) is 4.49. The number of benzene rings is 2. The number of halogens is 4. The summed E-state index contributed by atoms with van der Waals surface area (Å²) in [5, 5.41) is 4.10. The average Bonchev–Trinajstić information content (AvgIpc) is 2.31. The second-order valence-corrected chi connectivity index (χ2v) is 5.32. The van der Waals surface area contributed by atoms with E-state index in [-0.39, 0.29) is 5.82 Å². The fourth-order valence-corrected chi connectivity index (χ4v) is 2.56. The molecule has 0 heterocycles. The Labute approximate surface area is 123 Å². The SMILES string of the molecule is Fc1cccc(Br)c1NCc1c(Cl)cccc1Cl. The van der Waals surface area contributed by atoms with Gasteiger partial charge >= 0.3 is 0 Å². The van der Waals surface area contributed by atoms with Gasteiger partial charge in [-0.2, -0.15) is 0 Å². The highest BCUT2D eigenvalue weighted by Gasteiger charge is 2.09. The summed E-state index contributed by atoms with van der Waals surface area (Å²) < 4.78 is 14.3. The smallest absolute Gasteiger partial charge is 0.147 e. The summed E-state index contributed by atoms with van der Waals surface area (Å²) >= 11 is 15.4. The lowest BCUT2D eigenvalue weighted by atomic mass is 10.2. The summed E-state index contributed by atoms with van der Waals surface area (Å²) in [6.07, 6.45) is 0. The molecule has 0 saturated heterocycles. The molecule has 0 spiro atoms. The molecule has 18 heavy (non-hydrogen) atoms. The largest absolute Gasteiger partial charge is 0.378 e. The van der Waals surface area contributed by atoms with Crippen molar-refractivity contribution >= 4 is 44.8 Å². The molecule has 0 fully saturated rings. The van der Waals surface area contributed by atoms with Crippen molar-refractivity contribution in [3.05, 3.63) is 62.3 Å². The Bertz CT molecular complexity index is 483. The molecule has 0 aliphatic rings. The lowest BCUT2D eigenvalue weighted by Crippen LogP contribution is -2.03. The van der Waals surface area contributed by atoms with Gasteiger partial charge in [-0.3, -0.25) is 0 Å². The van der Waals surface area contributed by atoms with E-state index in [1.165, 1.54) is 6.07 Å². The van der Waals surface area contributed by atoms with Crippen molar-refractivity contribution in [2.75, 3.05) is 5.32 Å². The summed E-state index contributed by atoms with van der Waals surface area (Å²) in [6.45, 7) is 0.359. The van der Waals surface area contributed by atoms with Crippen LogP contribution in [0.15, 0.2) is 40.9 Å². The maximum absolute atomic E-state index is 13.6. The molecule has 0 saturated carbocycles. The van der Waals surface area contributed by atoms with Crippen LogP contribution in [0.25, 0.3) is 0 Å².